The minimum Gasteiger partial charge on any atom is -0.457 e. The SMILES string of the molecule is CCC1(OC(=O)OCCOCCNC(=O)CCCCC2CCSS2)C(=O)OCc2c1cc1n(c2=O)CC2=Cc3ccccc3NC21. The number of anilines is 1. The second-order valence-corrected chi connectivity index (χ2v) is 14.5. The molecule has 6 rings (SSSR count). The third kappa shape index (κ3) is 6.82. The topological polar surface area (TPSA) is 134 Å². The summed E-state index contributed by atoms with van der Waals surface area (Å²) in [6.45, 7) is 2.50. The van der Waals surface area contributed by atoms with Crippen molar-refractivity contribution in [2.75, 3.05) is 37.4 Å². The monoisotopic (exact) mass is 669 g/mol. The Kier molecular flexibility index (Phi) is 10.3. The summed E-state index contributed by atoms with van der Waals surface area (Å²) in [4.78, 5) is 51.8. The predicted molar refractivity (Wildman–Crippen MR) is 176 cm³/mol. The Labute approximate surface area is 275 Å². The summed E-state index contributed by atoms with van der Waals surface area (Å²) >= 11 is 0. The second-order valence-electron chi connectivity index (χ2n) is 11.7. The summed E-state index contributed by atoms with van der Waals surface area (Å²) in [7, 11) is 3.90. The smallest absolute Gasteiger partial charge is 0.457 e. The highest BCUT2D eigenvalue weighted by atomic mass is 33.1. The number of nitrogens with one attached hydrogen (secondary N) is 2. The van der Waals surface area contributed by atoms with E-state index in [1.54, 1.807) is 17.6 Å². The predicted octanol–water partition coefficient (Wildman–Crippen LogP) is 5.07. The fourth-order valence-electron chi connectivity index (χ4n) is 6.38. The molecule has 2 aromatic rings. The summed E-state index contributed by atoms with van der Waals surface area (Å²) in [6.07, 6.45) is 5.93. The largest absolute Gasteiger partial charge is 0.509 e. The van der Waals surface area contributed by atoms with Gasteiger partial charge in [0.1, 0.15) is 13.2 Å². The highest BCUT2D eigenvalue weighted by Crippen LogP contribution is 2.44. The van der Waals surface area contributed by atoms with Gasteiger partial charge in [0, 0.05) is 47.5 Å². The number of carbonyl (C=O) groups is 3. The first-order valence-electron chi connectivity index (χ1n) is 15.9. The number of nitrogens with zero attached hydrogens (tertiary/aromatic N) is 1. The molecule has 0 spiro atoms. The summed E-state index contributed by atoms with van der Waals surface area (Å²) in [5.41, 5.74) is 2.22. The van der Waals surface area contributed by atoms with Crippen LogP contribution in [0, 0.1) is 0 Å². The van der Waals surface area contributed by atoms with Gasteiger partial charge in [-0.25, -0.2) is 9.59 Å². The minimum atomic E-state index is -1.82. The maximum atomic E-state index is 13.7. The van der Waals surface area contributed by atoms with E-state index in [4.69, 9.17) is 18.9 Å². The number of rotatable bonds is 13. The first-order valence-corrected chi connectivity index (χ1v) is 18.3. The highest BCUT2D eigenvalue weighted by Gasteiger charge is 2.51. The first kappa shape index (κ1) is 32.5. The summed E-state index contributed by atoms with van der Waals surface area (Å²) in [5, 5.41) is 7.08. The number of amides is 1. The Morgan fingerprint density at radius 1 is 1.17 bits per heavy atom. The van der Waals surface area contributed by atoms with Crippen molar-refractivity contribution in [1.82, 2.24) is 9.88 Å². The van der Waals surface area contributed by atoms with E-state index in [0.717, 1.165) is 41.3 Å². The van der Waals surface area contributed by atoms with Gasteiger partial charge in [0.05, 0.1) is 24.8 Å². The van der Waals surface area contributed by atoms with Crippen molar-refractivity contribution in [1.29, 1.82) is 0 Å². The number of para-hydroxylation sites is 1. The van der Waals surface area contributed by atoms with Crippen LogP contribution in [-0.2, 0) is 47.3 Å². The van der Waals surface area contributed by atoms with Gasteiger partial charge < -0.3 is 34.1 Å². The van der Waals surface area contributed by atoms with Gasteiger partial charge in [0.25, 0.3) is 5.56 Å². The second kappa shape index (κ2) is 14.6. The number of pyridine rings is 1. The van der Waals surface area contributed by atoms with Crippen LogP contribution in [0.15, 0.2) is 40.7 Å². The molecule has 0 saturated carbocycles. The zero-order chi connectivity index (χ0) is 32.1. The van der Waals surface area contributed by atoms with Crippen LogP contribution in [0.2, 0.25) is 0 Å². The first-order chi connectivity index (χ1) is 22.4. The maximum Gasteiger partial charge on any atom is 0.509 e. The Hall–Kier alpha value is -3.42. The molecular formula is C33H39N3O8S2. The van der Waals surface area contributed by atoms with E-state index in [0.29, 0.717) is 30.8 Å². The van der Waals surface area contributed by atoms with E-state index < -0.39 is 17.7 Å². The van der Waals surface area contributed by atoms with Crippen LogP contribution >= 0.6 is 21.6 Å². The molecule has 46 heavy (non-hydrogen) atoms. The molecule has 3 atom stereocenters. The van der Waals surface area contributed by atoms with Crippen LogP contribution in [0.5, 0.6) is 0 Å². The van der Waals surface area contributed by atoms with Crippen LogP contribution in [-0.4, -0.2) is 60.0 Å². The zero-order valence-electron chi connectivity index (χ0n) is 25.8. The lowest BCUT2D eigenvalue weighted by Gasteiger charge is -2.35. The lowest BCUT2D eigenvalue weighted by atomic mass is 9.85. The molecule has 3 unspecified atom stereocenters. The highest BCUT2D eigenvalue weighted by molar-refractivity contribution is 8.77. The molecule has 11 nitrogen and oxygen atoms in total. The van der Waals surface area contributed by atoms with E-state index >= 15 is 0 Å². The van der Waals surface area contributed by atoms with E-state index in [9.17, 15) is 19.2 Å². The van der Waals surface area contributed by atoms with Crippen LogP contribution in [0.4, 0.5) is 10.5 Å². The Balaban J connectivity index is 0.998. The third-order valence-corrected chi connectivity index (χ3v) is 11.8. The molecule has 246 valence electrons. The van der Waals surface area contributed by atoms with Gasteiger partial charge in [-0.15, -0.1) is 0 Å². The average molecular weight is 670 g/mol. The quantitative estimate of drug-likeness (QED) is 0.168. The fourth-order valence-corrected chi connectivity index (χ4v) is 9.41. The van der Waals surface area contributed by atoms with Gasteiger partial charge in [-0.1, -0.05) is 53.1 Å². The van der Waals surface area contributed by atoms with Crippen molar-refractivity contribution in [3.8, 4) is 0 Å². The van der Waals surface area contributed by atoms with Crippen molar-refractivity contribution in [3.63, 3.8) is 0 Å². The van der Waals surface area contributed by atoms with Gasteiger partial charge >= 0.3 is 12.1 Å². The number of unbranched alkanes of at least 4 members (excludes halogenated alkanes) is 1. The Bertz CT molecular complexity index is 1570. The number of ether oxygens (including phenoxy) is 4. The molecule has 1 fully saturated rings. The summed E-state index contributed by atoms with van der Waals surface area (Å²) < 4.78 is 23.5. The molecule has 1 saturated heterocycles. The minimum absolute atomic E-state index is 0.00278. The third-order valence-electron chi connectivity index (χ3n) is 8.83. The molecule has 2 N–H and O–H groups in total. The van der Waals surface area contributed by atoms with E-state index in [-0.39, 0.29) is 55.9 Å². The lowest BCUT2D eigenvalue weighted by Crippen LogP contribution is -2.47. The van der Waals surface area contributed by atoms with Crippen molar-refractivity contribution >= 4 is 51.4 Å². The summed E-state index contributed by atoms with van der Waals surface area (Å²) in [6, 6.07) is 9.43. The molecular weight excluding hydrogens is 631 g/mol. The molecule has 13 heteroatoms. The van der Waals surface area contributed by atoms with Crippen LogP contribution < -0.4 is 16.2 Å². The molecule has 1 amide bonds. The maximum absolute atomic E-state index is 13.7. The van der Waals surface area contributed by atoms with E-state index in [1.165, 1.54) is 12.2 Å². The number of fused-ring (bicyclic) bond motifs is 5. The van der Waals surface area contributed by atoms with Gasteiger partial charge in [0.2, 0.25) is 11.5 Å². The fraction of sp³-hybridized carbons (Fsp3) is 0.515. The van der Waals surface area contributed by atoms with Crippen molar-refractivity contribution in [3.05, 3.63) is 68.6 Å². The number of hydrogen-bond acceptors (Lipinski definition) is 11. The zero-order valence-corrected chi connectivity index (χ0v) is 27.5. The van der Waals surface area contributed by atoms with Crippen LogP contribution in [0.1, 0.15) is 73.9 Å². The molecule has 4 aliphatic rings. The molecule has 1 aromatic heterocycles. The van der Waals surface area contributed by atoms with Crippen molar-refractivity contribution < 1.29 is 33.3 Å². The van der Waals surface area contributed by atoms with Gasteiger partial charge in [-0.3, -0.25) is 9.59 Å². The standard InChI is InChI=1S/C33H39N3O8S2/c1-2-33(44-32(40)42-15-14-41-13-12-34-28(37)10-6-4-8-23-11-16-45-46-23)25-18-27-29-22(17-21-7-3-5-9-26(21)35-29)19-36(27)30(38)24(25)20-43-31(33)39/h3,5,7,9,17-18,23,29,35H,2,4,6,8,10-16,19-20H2,1H3,(H,34,37). The van der Waals surface area contributed by atoms with Crippen LogP contribution in [0.25, 0.3) is 6.08 Å². The number of esters is 1. The van der Waals surface area contributed by atoms with Crippen molar-refractivity contribution in [2.45, 2.75) is 75.5 Å². The molecule has 0 radical (unpaired) electrons. The molecule has 1 aromatic carbocycles. The normalized spacial score (nSPS) is 22.4. The van der Waals surface area contributed by atoms with Crippen LogP contribution in [0.3, 0.4) is 0 Å². The molecule has 0 aliphatic carbocycles. The number of aromatic nitrogens is 1. The average Bonchev–Trinajstić information content (AvgIpc) is 3.71. The summed E-state index contributed by atoms with van der Waals surface area (Å²) in [5.74, 6) is 0.480. The number of cyclic esters (lactones) is 1. The van der Waals surface area contributed by atoms with Gasteiger partial charge in [-0.05, 0) is 55.0 Å². The van der Waals surface area contributed by atoms with Gasteiger partial charge in [0.15, 0.2) is 0 Å². The number of hydrogen-bond donors (Lipinski definition) is 2. The molecule has 4 aliphatic heterocycles. The van der Waals surface area contributed by atoms with E-state index in [1.807, 2.05) is 45.9 Å². The Morgan fingerprint density at radius 3 is 2.87 bits per heavy atom. The number of benzene rings is 1. The lowest BCUT2D eigenvalue weighted by molar-refractivity contribution is -0.175. The molecule has 0 bridgehead atoms. The number of carbonyl (C=O) groups excluding carboxylic acids is 3. The molecule has 5 heterocycles. The Morgan fingerprint density at radius 2 is 2.04 bits per heavy atom. The van der Waals surface area contributed by atoms with Gasteiger partial charge in [-0.2, -0.15) is 0 Å². The van der Waals surface area contributed by atoms with Crippen molar-refractivity contribution in [2.24, 2.45) is 0 Å². The van der Waals surface area contributed by atoms with E-state index in [2.05, 4.69) is 16.7 Å².